The predicted molar refractivity (Wildman–Crippen MR) is 102 cm³/mol. The van der Waals surface area contributed by atoms with Crippen molar-refractivity contribution in [3.8, 4) is 0 Å². The molecule has 1 aliphatic rings. The number of rotatable bonds is 6. The Bertz CT molecular complexity index is 1160. The molecule has 148 valence electrons. The lowest BCUT2D eigenvalue weighted by Gasteiger charge is -2.19. The van der Waals surface area contributed by atoms with E-state index in [-0.39, 0.29) is 29.7 Å². The van der Waals surface area contributed by atoms with Gasteiger partial charge in [0, 0.05) is 29.3 Å². The number of halogens is 2. The van der Waals surface area contributed by atoms with Crippen LogP contribution in [0.25, 0.3) is 10.9 Å². The van der Waals surface area contributed by atoms with Crippen LogP contribution in [-0.4, -0.2) is 40.0 Å². The normalized spacial score (nSPS) is 14.2. The van der Waals surface area contributed by atoms with E-state index in [1.54, 1.807) is 38.1 Å². The summed E-state index contributed by atoms with van der Waals surface area (Å²) in [6.45, 7) is 3.32. The molecular formula is C20H18F2N5O2+. The minimum absolute atomic E-state index is 0.0775. The monoisotopic (exact) mass is 398 g/mol. The summed E-state index contributed by atoms with van der Waals surface area (Å²) < 4.78 is 31.3. The number of aliphatic hydroxyl groups is 1. The van der Waals surface area contributed by atoms with Crippen molar-refractivity contribution >= 4 is 28.3 Å². The summed E-state index contributed by atoms with van der Waals surface area (Å²) in [5.41, 5.74) is 1.21. The highest BCUT2D eigenvalue weighted by Crippen LogP contribution is 2.31. The Labute approximate surface area is 165 Å². The van der Waals surface area contributed by atoms with E-state index < -0.39 is 17.6 Å². The number of fused-ring (bicyclic) bond motifs is 2. The van der Waals surface area contributed by atoms with Gasteiger partial charge in [0.1, 0.15) is 29.6 Å². The highest BCUT2D eigenvalue weighted by atomic mass is 19.1. The number of aliphatic hydroxyl groups excluding tert-OH is 1. The largest absolute Gasteiger partial charge is 0.393 e. The predicted octanol–water partition coefficient (Wildman–Crippen LogP) is 2.62. The van der Waals surface area contributed by atoms with E-state index in [0.717, 1.165) is 0 Å². The average molecular weight is 398 g/mol. The van der Waals surface area contributed by atoms with Crippen LogP contribution < -0.4 is 4.68 Å². The molecule has 1 unspecified atom stereocenters. The molecule has 4 rings (SSSR count). The first-order valence-electron chi connectivity index (χ1n) is 9.04. The Morgan fingerprint density at radius 1 is 1.31 bits per heavy atom. The van der Waals surface area contributed by atoms with Crippen molar-refractivity contribution in [1.29, 1.82) is 0 Å². The molecular weight excluding hydrogens is 380 g/mol. The molecule has 0 radical (unpaired) electrons. The fourth-order valence-electron chi connectivity index (χ4n) is 3.18. The minimum atomic E-state index is -0.677. The van der Waals surface area contributed by atoms with Gasteiger partial charge in [-0.05, 0) is 32.0 Å². The zero-order chi connectivity index (χ0) is 20.5. The van der Waals surface area contributed by atoms with Gasteiger partial charge in [0.05, 0.1) is 18.0 Å². The Morgan fingerprint density at radius 2 is 2.14 bits per heavy atom. The van der Waals surface area contributed by atoms with Gasteiger partial charge in [0.2, 0.25) is 0 Å². The summed E-state index contributed by atoms with van der Waals surface area (Å²) in [6.07, 6.45) is 1.49. The maximum Gasteiger partial charge on any atom is 0.290 e. The average Bonchev–Trinajstić information content (AvgIpc) is 2.69. The van der Waals surface area contributed by atoms with Gasteiger partial charge in [-0.1, -0.05) is 10.1 Å². The van der Waals surface area contributed by atoms with Crippen LogP contribution in [-0.2, 0) is 4.84 Å². The number of aliphatic imine (C=N–C) groups is 1. The summed E-state index contributed by atoms with van der Waals surface area (Å²) >= 11 is 0. The molecule has 1 atom stereocenters. The molecule has 3 heterocycles. The van der Waals surface area contributed by atoms with Crippen molar-refractivity contribution in [3.05, 3.63) is 59.4 Å². The van der Waals surface area contributed by atoms with Gasteiger partial charge in [-0.15, -0.1) is 9.78 Å². The zero-order valence-electron chi connectivity index (χ0n) is 15.8. The second kappa shape index (κ2) is 7.59. The molecule has 9 heteroatoms. The number of pyridine rings is 1. The van der Waals surface area contributed by atoms with Crippen LogP contribution in [0, 0.1) is 11.6 Å². The van der Waals surface area contributed by atoms with Gasteiger partial charge in [-0.3, -0.25) is 4.98 Å². The maximum absolute atomic E-state index is 15.0. The molecule has 1 aliphatic heterocycles. The summed E-state index contributed by atoms with van der Waals surface area (Å²) in [5, 5.41) is 17.3. The van der Waals surface area contributed by atoms with Crippen molar-refractivity contribution in [2.24, 2.45) is 10.1 Å². The fraction of sp³-hybridized carbons (Fsp3) is 0.250. The lowest BCUT2D eigenvalue weighted by atomic mass is 9.95. The Hall–Kier alpha value is -3.33. The van der Waals surface area contributed by atoms with E-state index in [2.05, 4.69) is 20.2 Å². The number of benzene rings is 1. The highest BCUT2D eigenvalue weighted by molar-refractivity contribution is 5.97. The molecule has 0 fully saturated rings. The summed E-state index contributed by atoms with van der Waals surface area (Å²) in [7, 11) is 0. The van der Waals surface area contributed by atoms with Crippen LogP contribution in [0.5, 0.6) is 0 Å². The standard InChI is InChI=1S/C20H18F2N5O2/c1-11(18-14(21)10-16-13(19(18)22)4-3-7-23-16)20-24-17-6-5-15(25-27(17)20)12(2)26-29-9-8-28/h3-7,10-11,28H,8-9H2,1-2H3/q+1/b26-12-. The maximum atomic E-state index is 15.0. The smallest absolute Gasteiger partial charge is 0.290 e. The Balaban J connectivity index is 1.67. The molecule has 0 saturated carbocycles. The quantitative estimate of drug-likeness (QED) is 0.299. The van der Waals surface area contributed by atoms with Crippen molar-refractivity contribution in [3.63, 3.8) is 0 Å². The first-order chi connectivity index (χ1) is 14.0. The Kier molecular flexibility index (Phi) is 4.98. The van der Waals surface area contributed by atoms with E-state index in [0.29, 0.717) is 23.1 Å². The molecule has 0 aliphatic carbocycles. The van der Waals surface area contributed by atoms with Crippen LogP contribution in [0.15, 0.2) is 46.7 Å². The van der Waals surface area contributed by atoms with Crippen LogP contribution in [0.2, 0.25) is 0 Å². The number of nitrogens with zero attached hydrogens (tertiary/aromatic N) is 5. The van der Waals surface area contributed by atoms with E-state index in [1.807, 2.05) is 0 Å². The lowest BCUT2D eigenvalue weighted by molar-refractivity contribution is -0.626. The van der Waals surface area contributed by atoms with Crippen molar-refractivity contribution < 1.29 is 23.4 Å². The molecule has 0 saturated heterocycles. The second-order valence-corrected chi connectivity index (χ2v) is 6.57. The first kappa shape index (κ1) is 19.0. The number of hydrogen-bond donors (Lipinski definition) is 1. The Morgan fingerprint density at radius 3 is 2.93 bits per heavy atom. The summed E-state index contributed by atoms with van der Waals surface area (Å²) in [5.74, 6) is -0.995. The van der Waals surface area contributed by atoms with Crippen LogP contribution in [0.4, 0.5) is 14.6 Å². The van der Waals surface area contributed by atoms with Gasteiger partial charge >= 0.3 is 0 Å². The zero-order valence-corrected chi connectivity index (χ0v) is 15.8. The lowest BCUT2D eigenvalue weighted by Crippen LogP contribution is -2.55. The second-order valence-electron chi connectivity index (χ2n) is 6.57. The highest BCUT2D eigenvalue weighted by Gasteiger charge is 2.36. The number of aromatic nitrogens is 3. The van der Waals surface area contributed by atoms with Gasteiger partial charge in [-0.2, -0.15) is 0 Å². The molecule has 2 aromatic heterocycles. The molecule has 3 aromatic rings. The van der Waals surface area contributed by atoms with Crippen molar-refractivity contribution in [2.75, 3.05) is 13.2 Å². The molecule has 29 heavy (non-hydrogen) atoms. The molecule has 0 spiro atoms. The molecule has 1 aromatic carbocycles. The van der Waals surface area contributed by atoms with E-state index in [9.17, 15) is 4.39 Å². The van der Waals surface area contributed by atoms with Crippen LogP contribution in [0.1, 0.15) is 31.0 Å². The minimum Gasteiger partial charge on any atom is -0.393 e. The fourth-order valence-corrected chi connectivity index (χ4v) is 3.18. The van der Waals surface area contributed by atoms with Crippen LogP contribution in [0.3, 0.4) is 0 Å². The van der Waals surface area contributed by atoms with E-state index >= 15 is 4.39 Å². The number of oxime groups is 1. The third-order valence-corrected chi connectivity index (χ3v) is 4.67. The summed E-state index contributed by atoms with van der Waals surface area (Å²) in [4.78, 5) is 13.3. The molecule has 0 amide bonds. The first-order valence-corrected chi connectivity index (χ1v) is 9.04. The van der Waals surface area contributed by atoms with Gasteiger partial charge in [0.15, 0.2) is 0 Å². The number of hydrogen-bond acceptors (Lipinski definition) is 6. The summed E-state index contributed by atoms with van der Waals surface area (Å²) in [6, 6.07) is 7.87. The van der Waals surface area contributed by atoms with Gasteiger partial charge < -0.3 is 9.94 Å². The van der Waals surface area contributed by atoms with Crippen LogP contribution >= 0.6 is 0 Å². The molecule has 7 nitrogen and oxygen atoms in total. The third-order valence-electron chi connectivity index (χ3n) is 4.67. The van der Waals surface area contributed by atoms with E-state index in [4.69, 9.17) is 9.94 Å². The van der Waals surface area contributed by atoms with Crippen molar-refractivity contribution in [1.82, 2.24) is 10.1 Å². The van der Waals surface area contributed by atoms with Crippen molar-refractivity contribution in [2.45, 2.75) is 19.8 Å². The van der Waals surface area contributed by atoms with E-state index in [1.165, 1.54) is 16.9 Å². The molecule has 0 bridgehead atoms. The van der Waals surface area contributed by atoms with Gasteiger partial charge in [-0.25, -0.2) is 8.78 Å². The molecule has 1 N–H and O–H groups in total. The van der Waals surface area contributed by atoms with Gasteiger partial charge in [0.25, 0.3) is 11.7 Å². The SMILES string of the molecule is C/C(=N/OCCO)c1ccc2[n+](n1)C(C(C)c1c(F)cc3ncccc3c1F)=N2. The topological polar surface area (TPSA) is 83.8 Å². The third kappa shape index (κ3) is 3.33.